The quantitative estimate of drug-likeness (QED) is 0.348. The van der Waals surface area contributed by atoms with Gasteiger partial charge in [0.05, 0.1) is 23.7 Å². The Labute approximate surface area is 190 Å². The van der Waals surface area contributed by atoms with Crippen molar-refractivity contribution in [3.63, 3.8) is 0 Å². The van der Waals surface area contributed by atoms with Crippen molar-refractivity contribution in [2.45, 2.75) is 0 Å². The van der Waals surface area contributed by atoms with Crippen molar-refractivity contribution in [2.24, 2.45) is 5.10 Å². The number of H-pyrrole nitrogens is 1. The molecule has 1 amide bonds. The number of aromatic amines is 1. The van der Waals surface area contributed by atoms with Gasteiger partial charge in [-0.05, 0) is 60.7 Å². The summed E-state index contributed by atoms with van der Waals surface area (Å²) in [6.45, 7) is 0. The molecule has 5 rings (SSSR count). The molecule has 0 aliphatic carbocycles. The number of hydrogen-bond donors (Lipinski definition) is 2. The molecule has 158 valence electrons. The number of amides is 1. The van der Waals surface area contributed by atoms with Gasteiger partial charge in [0, 0.05) is 15.4 Å². The maximum atomic E-state index is 12.6. The first-order valence-electron chi connectivity index (χ1n) is 9.77. The van der Waals surface area contributed by atoms with Gasteiger partial charge in [-0.3, -0.25) is 4.79 Å². The van der Waals surface area contributed by atoms with E-state index in [9.17, 15) is 4.79 Å². The summed E-state index contributed by atoms with van der Waals surface area (Å²) in [4.78, 5) is 20.5. The van der Waals surface area contributed by atoms with E-state index in [-0.39, 0.29) is 11.5 Å². The van der Waals surface area contributed by atoms with Gasteiger partial charge < -0.3 is 14.1 Å². The molecule has 7 nitrogen and oxygen atoms in total. The molecule has 0 atom stereocenters. The van der Waals surface area contributed by atoms with Gasteiger partial charge in [-0.2, -0.15) is 0 Å². The van der Waals surface area contributed by atoms with Crippen molar-refractivity contribution in [1.29, 1.82) is 0 Å². The molecule has 2 aromatic heterocycles. The third-order valence-electron chi connectivity index (χ3n) is 4.96. The molecule has 0 saturated heterocycles. The number of ether oxygens (including phenoxy) is 1. The highest BCUT2D eigenvalue weighted by molar-refractivity contribution is 9.10. The Hall–Kier alpha value is -3.91. The van der Waals surface area contributed by atoms with Crippen molar-refractivity contribution in [3.05, 3.63) is 88.4 Å². The standard InChI is InChI=1S/C24H17BrN4O3/c1-31-17-10-11-21-15(12-17)13-18(22-26-19-4-2-3-5-20(19)27-22)24(32-21)29-28-23(30)14-6-8-16(25)9-7-14/h2-13H,1H3,(H,26,27)(H,28,30). The second kappa shape index (κ2) is 8.32. The summed E-state index contributed by atoms with van der Waals surface area (Å²) in [7, 11) is 1.61. The number of fused-ring (bicyclic) bond motifs is 2. The van der Waals surface area contributed by atoms with Gasteiger partial charge in [-0.15, -0.1) is 5.10 Å². The molecule has 0 bridgehead atoms. The van der Waals surface area contributed by atoms with Crippen LogP contribution in [0.2, 0.25) is 0 Å². The minimum absolute atomic E-state index is 0.229. The number of para-hydroxylation sites is 2. The number of nitrogens with one attached hydrogen (secondary N) is 2. The molecule has 0 unspecified atom stereocenters. The number of imidazole rings is 1. The summed E-state index contributed by atoms with van der Waals surface area (Å²) < 4.78 is 12.3. The van der Waals surface area contributed by atoms with Gasteiger partial charge in [0.2, 0.25) is 5.55 Å². The fourth-order valence-electron chi connectivity index (χ4n) is 3.34. The van der Waals surface area contributed by atoms with Gasteiger partial charge in [0.25, 0.3) is 5.91 Å². The predicted octanol–water partition coefficient (Wildman–Crippen LogP) is 4.99. The topological polar surface area (TPSA) is 92.5 Å². The second-order valence-electron chi connectivity index (χ2n) is 7.03. The van der Waals surface area contributed by atoms with Crippen LogP contribution in [0.1, 0.15) is 10.4 Å². The average molecular weight is 489 g/mol. The summed E-state index contributed by atoms with van der Waals surface area (Å²) in [6.07, 6.45) is 0. The molecule has 0 aliphatic heterocycles. The number of carbonyl (C=O) groups excluding carboxylic acids is 1. The number of nitrogens with zero attached hydrogens (tertiary/aromatic N) is 2. The van der Waals surface area contributed by atoms with Crippen LogP contribution in [-0.2, 0) is 0 Å². The molecule has 32 heavy (non-hydrogen) atoms. The molecule has 0 radical (unpaired) electrons. The third kappa shape index (κ3) is 3.88. The first-order valence-corrected chi connectivity index (χ1v) is 10.6. The number of rotatable bonds is 4. The fourth-order valence-corrected chi connectivity index (χ4v) is 3.60. The Bertz CT molecular complexity index is 1490. The van der Waals surface area contributed by atoms with Gasteiger partial charge >= 0.3 is 0 Å². The predicted molar refractivity (Wildman–Crippen MR) is 125 cm³/mol. The number of halogens is 1. The molecule has 0 saturated carbocycles. The van der Waals surface area contributed by atoms with Gasteiger partial charge in [0.15, 0.2) is 0 Å². The molecule has 2 N–H and O–H groups in total. The van der Waals surface area contributed by atoms with E-state index in [0.29, 0.717) is 28.3 Å². The van der Waals surface area contributed by atoms with Crippen molar-refractivity contribution in [2.75, 3.05) is 7.11 Å². The zero-order valence-corrected chi connectivity index (χ0v) is 18.5. The summed E-state index contributed by atoms with van der Waals surface area (Å²) in [5.74, 6) is 0.936. The number of carbonyl (C=O) groups is 1. The third-order valence-corrected chi connectivity index (χ3v) is 5.49. The smallest absolute Gasteiger partial charge is 0.271 e. The maximum absolute atomic E-state index is 12.6. The molecule has 5 aromatic rings. The van der Waals surface area contributed by atoms with E-state index < -0.39 is 0 Å². The Morgan fingerprint density at radius 2 is 1.91 bits per heavy atom. The zero-order chi connectivity index (χ0) is 22.1. The Balaban J connectivity index is 1.63. The summed E-state index contributed by atoms with van der Waals surface area (Å²) in [5, 5.41) is 5.09. The highest BCUT2D eigenvalue weighted by atomic mass is 79.9. The highest BCUT2D eigenvalue weighted by Crippen LogP contribution is 2.24. The molecular weight excluding hydrogens is 472 g/mol. The van der Waals surface area contributed by atoms with Crippen LogP contribution in [0.4, 0.5) is 0 Å². The number of hydrogen-bond acceptors (Lipinski definition) is 5. The minimum Gasteiger partial charge on any atom is -0.497 e. The lowest BCUT2D eigenvalue weighted by Gasteiger charge is -2.05. The summed E-state index contributed by atoms with van der Waals surface area (Å²) in [5.41, 5.74) is 6.20. The first-order chi connectivity index (χ1) is 15.6. The van der Waals surface area contributed by atoms with Gasteiger partial charge in [-0.1, -0.05) is 28.1 Å². The molecule has 0 aliphatic rings. The number of aromatic nitrogens is 2. The maximum Gasteiger partial charge on any atom is 0.271 e. The van der Waals surface area contributed by atoms with E-state index in [2.05, 4.69) is 36.4 Å². The van der Waals surface area contributed by atoms with E-state index in [1.807, 2.05) is 36.4 Å². The van der Waals surface area contributed by atoms with Gasteiger partial charge in [0.1, 0.15) is 17.2 Å². The van der Waals surface area contributed by atoms with Crippen LogP contribution < -0.4 is 15.7 Å². The SMILES string of the molecule is COc1ccc2oc(=NNC(=O)c3ccc(Br)cc3)c(-c3nc4ccccc4[nH]3)cc2c1. The molecule has 8 heteroatoms. The van der Waals surface area contributed by atoms with Crippen molar-refractivity contribution in [3.8, 4) is 17.1 Å². The van der Waals surface area contributed by atoms with Gasteiger partial charge in [-0.25, -0.2) is 10.4 Å². The number of benzene rings is 3. The van der Waals surface area contributed by atoms with Crippen molar-refractivity contribution in [1.82, 2.24) is 15.4 Å². The number of methoxy groups -OCH3 is 1. The molecule has 0 fully saturated rings. The van der Waals surface area contributed by atoms with Crippen molar-refractivity contribution >= 4 is 43.8 Å². The Morgan fingerprint density at radius 1 is 1.09 bits per heavy atom. The zero-order valence-electron chi connectivity index (χ0n) is 16.9. The van der Waals surface area contributed by atoms with Crippen LogP contribution >= 0.6 is 15.9 Å². The van der Waals surface area contributed by atoms with E-state index in [0.717, 1.165) is 20.9 Å². The fraction of sp³-hybridized carbons (Fsp3) is 0.0417. The summed E-state index contributed by atoms with van der Waals surface area (Å²) in [6, 6.07) is 22.1. The van der Waals surface area contributed by atoms with Crippen LogP contribution in [0.3, 0.4) is 0 Å². The van der Waals surface area contributed by atoms with Crippen LogP contribution in [0.25, 0.3) is 33.4 Å². The molecular formula is C24H17BrN4O3. The van der Waals surface area contributed by atoms with Crippen LogP contribution in [0.15, 0.2) is 86.8 Å². The monoisotopic (exact) mass is 488 g/mol. The Morgan fingerprint density at radius 3 is 2.69 bits per heavy atom. The van der Waals surface area contributed by atoms with E-state index >= 15 is 0 Å². The lowest BCUT2D eigenvalue weighted by molar-refractivity contribution is 0.0951. The van der Waals surface area contributed by atoms with Crippen LogP contribution in [-0.4, -0.2) is 23.0 Å². The minimum atomic E-state index is -0.349. The Kier molecular flexibility index (Phi) is 5.20. The first kappa shape index (κ1) is 20.0. The average Bonchev–Trinajstić information content (AvgIpc) is 3.26. The van der Waals surface area contributed by atoms with E-state index in [4.69, 9.17) is 9.15 Å². The molecule has 0 spiro atoms. The van der Waals surface area contributed by atoms with Crippen LogP contribution in [0.5, 0.6) is 5.75 Å². The van der Waals surface area contributed by atoms with Crippen LogP contribution in [0, 0.1) is 0 Å². The lowest BCUT2D eigenvalue weighted by Crippen LogP contribution is -2.22. The largest absolute Gasteiger partial charge is 0.497 e. The highest BCUT2D eigenvalue weighted by Gasteiger charge is 2.13. The molecule has 2 heterocycles. The second-order valence-corrected chi connectivity index (χ2v) is 7.95. The van der Waals surface area contributed by atoms with Crippen molar-refractivity contribution < 1.29 is 13.9 Å². The lowest BCUT2D eigenvalue weighted by atomic mass is 10.1. The normalized spacial score (nSPS) is 11.8. The molecule has 3 aromatic carbocycles. The van der Waals surface area contributed by atoms with E-state index in [1.54, 1.807) is 43.5 Å². The van der Waals surface area contributed by atoms with E-state index in [1.165, 1.54) is 0 Å². The summed E-state index contributed by atoms with van der Waals surface area (Å²) >= 11 is 3.36.